The minimum Gasteiger partial charge on any atom is -0.461 e. The van der Waals surface area contributed by atoms with Gasteiger partial charge in [0.05, 0.1) is 17.7 Å². The molecule has 0 saturated heterocycles. The van der Waals surface area contributed by atoms with Crippen LogP contribution in [0.2, 0.25) is 0 Å². The van der Waals surface area contributed by atoms with Crippen molar-refractivity contribution >= 4 is 28.1 Å². The first kappa shape index (κ1) is 16.1. The summed E-state index contributed by atoms with van der Waals surface area (Å²) in [4.78, 5) is 16.5. The van der Waals surface area contributed by atoms with Gasteiger partial charge in [-0.2, -0.15) is 4.98 Å². The van der Waals surface area contributed by atoms with Crippen LogP contribution < -0.4 is 10.6 Å². The third-order valence-corrected chi connectivity index (χ3v) is 4.36. The number of carbonyl (C=O) groups is 1. The molecule has 0 aliphatic heterocycles. The molecule has 0 bridgehead atoms. The van der Waals surface area contributed by atoms with Gasteiger partial charge in [-0.1, -0.05) is 23.4 Å². The van der Waals surface area contributed by atoms with Gasteiger partial charge in [0.25, 0.3) is 0 Å². The molecule has 1 aromatic carbocycles. The molecule has 0 unspecified atom stereocenters. The lowest BCUT2D eigenvalue weighted by Gasteiger charge is -2.10. The van der Waals surface area contributed by atoms with Gasteiger partial charge in [0, 0.05) is 5.69 Å². The zero-order chi connectivity index (χ0) is 17.8. The fourth-order valence-corrected chi connectivity index (χ4v) is 3.02. The Morgan fingerprint density at radius 3 is 2.81 bits per heavy atom. The summed E-state index contributed by atoms with van der Waals surface area (Å²) in [5, 5.41) is 12.2. The molecule has 2 N–H and O–H groups in total. The summed E-state index contributed by atoms with van der Waals surface area (Å²) in [6, 6.07) is 14.4. The van der Waals surface area contributed by atoms with E-state index in [1.165, 1.54) is 11.3 Å². The summed E-state index contributed by atoms with van der Waals surface area (Å²) in [6.07, 6.45) is 1.94. The number of nitrogens with zero attached hydrogens (tertiary/aromatic N) is 2. The third-order valence-electron chi connectivity index (χ3n) is 3.57. The van der Waals surface area contributed by atoms with Gasteiger partial charge in [0.2, 0.25) is 11.7 Å². The highest BCUT2D eigenvalue weighted by molar-refractivity contribution is 7.14. The van der Waals surface area contributed by atoms with Crippen LogP contribution in [0, 0.1) is 0 Å². The van der Waals surface area contributed by atoms with Crippen LogP contribution in [0.25, 0.3) is 11.6 Å². The number of urea groups is 1. The minimum atomic E-state index is -0.304. The van der Waals surface area contributed by atoms with Crippen molar-refractivity contribution in [1.29, 1.82) is 0 Å². The molecule has 4 rings (SSSR count). The molecule has 130 valence electrons. The molecule has 0 fully saturated rings. The van der Waals surface area contributed by atoms with Gasteiger partial charge in [-0.3, -0.25) is 5.32 Å². The van der Waals surface area contributed by atoms with Crippen molar-refractivity contribution in [3.63, 3.8) is 0 Å². The second-order valence-electron chi connectivity index (χ2n) is 5.38. The number of furan rings is 1. The van der Waals surface area contributed by atoms with E-state index in [4.69, 9.17) is 8.94 Å². The van der Waals surface area contributed by atoms with Gasteiger partial charge in [0.1, 0.15) is 0 Å². The van der Waals surface area contributed by atoms with E-state index in [1.54, 1.807) is 18.4 Å². The lowest BCUT2D eigenvalue weighted by atomic mass is 10.1. The molecule has 0 saturated carbocycles. The summed E-state index contributed by atoms with van der Waals surface area (Å²) in [5.74, 6) is 1.37. The Labute approximate surface area is 152 Å². The molecule has 0 spiro atoms. The second kappa shape index (κ2) is 7.24. The van der Waals surface area contributed by atoms with Crippen LogP contribution in [0.3, 0.4) is 0 Å². The molecular weight excluding hydrogens is 352 g/mol. The van der Waals surface area contributed by atoms with Crippen LogP contribution in [0.4, 0.5) is 15.5 Å². The monoisotopic (exact) mass is 366 g/mol. The van der Waals surface area contributed by atoms with Gasteiger partial charge in [-0.15, -0.1) is 11.3 Å². The highest BCUT2D eigenvalue weighted by Gasteiger charge is 2.14. The molecule has 0 aliphatic rings. The van der Waals surface area contributed by atoms with E-state index in [2.05, 4.69) is 20.8 Å². The smallest absolute Gasteiger partial charge is 0.324 e. The second-order valence-corrected chi connectivity index (χ2v) is 6.33. The number of benzene rings is 1. The topological polar surface area (TPSA) is 93.2 Å². The van der Waals surface area contributed by atoms with Gasteiger partial charge < -0.3 is 14.3 Å². The van der Waals surface area contributed by atoms with E-state index >= 15 is 0 Å². The summed E-state index contributed by atoms with van der Waals surface area (Å²) in [6.45, 7) is 0. The molecule has 3 heterocycles. The van der Waals surface area contributed by atoms with Crippen molar-refractivity contribution in [2.24, 2.45) is 0 Å². The maximum Gasteiger partial charge on any atom is 0.324 e. The van der Waals surface area contributed by atoms with E-state index in [1.807, 2.05) is 41.8 Å². The Morgan fingerprint density at radius 2 is 2.00 bits per heavy atom. The Hall–Kier alpha value is -3.39. The van der Waals surface area contributed by atoms with Crippen molar-refractivity contribution in [3.8, 4) is 11.6 Å². The van der Waals surface area contributed by atoms with Gasteiger partial charge in [-0.25, -0.2) is 4.79 Å². The van der Waals surface area contributed by atoms with Crippen molar-refractivity contribution in [2.75, 3.05) is 10.6 Å². The lowest BCUT2D eigenvalue weighted by Crippen LogP contribution is -2.19. The molecule has 0 aliphatic carbocycles. The predicted octanol–water partition coefficient (Wildman–Crippen LogP) is 4.63. The molecule has 7 nitrogen and oxygen atoms in total. The Morgan fingerprint density at radius 1 is 1.08 bits per heavy atom. The van der Waals surface area contributed by atoms with E-state index in [9.17, 15) is 4.79 Å². The molecule has 0 radical (unpaired) electrons. The van der Waals surface area contributed by atoms with Crippen molar-refractivity contribution in [3.05, 3.63) is 71.6 Å². The first-order valence-corrected chi connectivity index (χ1v) is 8.72. The van der Waals surface area contributed by atoms with Crippen molar-refractivity contribution < 1.29 is 13.7 Å². The number of hydrogen-bond donors (Lipinski definition) is 2. The third kappa shape index (κ3) is 3.65. The quantitative estimate of drug-likeness (QED) is 0.537. The zero-order valence-electron chi connectivity index (χ0n) is 13.5. The van der Waals surface area contributed by atoms with Gasteiger partial charge in [-0.05, 0) is 41.3 Å². The minimum absolute atomic E-state index is 0.304. The largest absolute Gasteiger partial charge is 0.461 e. The van der Waals surface area contributed by atoms with Gasteiger partial charge in [0.15, 0.2) is 5.76 Å². The van der Waals surface area contributed by atoms with Crippen LogP contribution in [0.1, 0.15) is 11.5 Å². The SMILES string of the molecule is O=C(Nc1cccs1)Nc1ccccc1Cc1nc(-c2ccco2)no1. The van der Waals surface area contributed by atoms with Crippen molar-refractivity contribution in [2.45, 2.75) is 6.42 Å². The first-order valence-electron chi connectivity index (χ1n) is 7.84. The Kier molecular flexibility index (Phi) is 4.48. The fourth-order valence-electron chi connectivity index (χ4n) is 2.41. The summed E-state index contributed by atoms with van der Waals surface area (Å²) < 4.78 is 10.5. The number of amides is 2. The first-order chi connectivity index (χ1) is 12.8. The average Bonchev–Trinajstić information content (AvgIpc) is 3.38. The number of hydrogen-bond acceptors (Lipinski definition) is 6. The van der Waals surface area contributed by atoms with Crippen LogP contribution in [0.5, 0.6) is 0 Å². The van der Waals surface area contributed by atoms with Crippen LogP contribution >= 0.6 is 11.3 Å². The molecule has 8 heteroatoms. The Bertz CT molecular complexity index is 993. The number of carbonyl (C=O) groups excluding carboxylic acids is 1. The zero-order valence-corrected chi connectivity index (χ0v) is 14.3. The highest BCUT2D eigenvalue weighted by Crippen LogP contribution is 2.22. The predicted molar refractivity (Wildman–Crippen MR) is 98.2 cm³/mol. The fraction of sp³-hybridized carbons (Fsp3) is 0.0556. The maximum absolute atomic E-state index is 12.2. The number of rotatable bonds is 5. The molecular formula is C18H14N4O3S. The number of nitrogens with one attached hydrogen (secondary N) is 2. The van der Waals surface area contributed by atoms with E-state index in [0.717, 1.165) is 10.6 Å². The lowest BCUT2D eigenvalue weighted by molar-refractivity contribution is 0.262. The number of aromatic nitrogens is 2. The standard InChI is InChI=1S/C18H14N4O3S/c23-18(21-16-8-4-10-26-16)19-13-6-2-1-5-12(13)11-15-20-17(22-25-15)14-7-3-9-24-14/h1-10H,11H2,(H2,19,21,23). The summed E-state index contributed by atoms with van der Waals surface area (Å²) >= 11 is 1.46. The summed E-state index contributed by atoms with van der Waals surface area (Å²) in [5.41, 5.74) is 1.54. The normalized spacial score (nSPS) is 10.6. The average molecular weight is 366 g/mol. The molecule has 0 atom stereocenters. The molecule has 26 heavy (non-hydrogen) atoms. The Balaban J connectivity index is 1.48. The van der Waals surface area contributed by atoms with E-state index in [0.29, 0.717) is 29.6 Å². The molecule has 2 amide bonds. The molecule has 3 aromatic heterocycles. The van der Waals surface area contributed by atoms with Crippen LogP contribution in [-0.2, 0) is 6.42 Å². The highest BCUT2D eigenvalue weighted by atomic mass is 32.1. The molecule has 4 aromatic rings. The van der Waals surface area contributed by atoms with Crippen molar-refractivity contribution in [1.82, 2.24) is 10.1 Å². The van der Waals surface area contributed by atoms with Crippen LogP contribution in [-0.4, -0.2) is 16.2 Å². The number of para-hydroxylation sites is 1. The number of anilines is 2. The van der Waals surface area contributed by atoms with E-state index < -0.39 is 0 Å². The maximum atomic E-state index is 12.2. The van der Waals surface area contributed by atoms with Crippen LogP contribution in [0.15, 0.2) is 69.1 Å². The van der Waals surface area contributed by atoms with Gasteiger partial charge >= 0.3 is 6.03 Å². The van der Waals surface area contributed by atoms with E-state index in [-0.39, 0.29) is 6.03 Å². The summed E-state index contributed by atoms with van der Waals surface area (Å²) in [7, 11) is 0. The number of thiophene rings is 1.